The first-order chi connectivity index (χ1) is 15.9. The summed E-state index contributed by atoms with van der Waals surface area (Å²) in [6.07, 6.45) is 5.74. The van der Waals surface area contributed by atoms with Gasteiger partial charge in [0.05, 0.1) is 18.5 Å². The van der Waals surface area contributed by atoms with E-state index in [2.05, 4.69) is 0 Å². The van der Waals surface area contributed by atoms with Gasteiger partial charge >= 0.3 is 5.97 Å². The van der Waals surface area contributed by atoms with Gasteiger partial charge in [0.1, 0.15) is 0 Å². The average molecular weight is 451 g/mol. The summed E-state index contributed by atoms with van der Waals surface area (Å²) >= 11 is 0. The number of carbonyl (C=O) groups excluding carboxylic acids is 1. The van der Waals surface area contributed by atoms with Crippen LogP contribution in [-0.2, 0) is 20.8 Å². The van der Waals surface area contributed by atoms with Crippen LogP contribution in [0.1, 0.15) is 24.1 Å². The summed E-state index contributed by atoms with van der Waals surface area (Å²) < 4.78 is 23.7. The Balaban J connectivity index is 1.78. The standard InChI is InChI=1S/C24H25N3O6/c1-13(28)33-22-8-15-14(7-19(22)30-4)17-11-25-18-10-21-20(31-12-32-21)9-16(18)23(17)27(24(15)29)6-5-26(2)3/h7-11,16,18H,5-6,12H2,1-4H3. The van der Waals surface area contributed by atoms with Crippen LogP contribution >= 0.6 is 0 Å². The highest BCUT2D eigenvalue weighted by Gasteiger charge is 2.36. The number of esters is 1. The lowest BCUT2D eigenvalue weighted by atomic mass is 9.84. The maximum Gasteiger partial charge on any atom is 0.308 e. The van der Waals surface area contributed by atoms with E-state index in [1.54, 1.807) is 22.9 Å². The zero-order chi connectivity index (χ0) is 23.3. The number of rotatable bonds is 5. The fourth-order valence-electron chi connectivity index (χ4n) is 4.53. The number of carbonyl (C=O) groups is 1. The topological polar surface area (TPSA) is 91.6 Å². The predicted molar refractivity (Wildman–Crippen MR) is 122 cm³/mol. The number of pyridine rings is 1. The van der Waals surface area contributed by atoms with E-state index < -0.39 is 5.97 Å². The highest BCUT2D eigenvalue weighted by molar-refractivity contribution is 6.03. The van der Waals surface area contributed by atoms with E-state index in [0.717, 1.165) is 11.3 Å². The quantitative estimate of drug-likeness (QED) is 0.508. The van der Waals surface area contributed by atoms with E-state index in [1.165, 1.54) is 14.0 Å². The lowest BCUT2D eigenvalue weighted by Crippen LogP contribution is -2.35. The molecule has 2 unspecified atom stereocenters. The Bertz CT molecular complexity index is 1300. The first-order valence-corrected chi connectivity index (χ1v) is 10.7. The number of nitrogens with zero attached hydrogens (tertiary/aromatic N) is 3. The Morgan fingerprint density at radius 1 is 1.18 bits per heavy atom. The summed E-state index contributed by atoms with van der Waals surface area (Å²) in [5, 5.41) is 1.14. The molecule has 0 bridgehead atoms. The molecule has 0 spiro atoms. The van der Waals surface area contributed by atoms with Gasteiger partial charge in [0.25, 0.3) is 5.56 Å². The van der Waals surface area contributed by atoms with Crippen molar-refractivity contribution in [2.24, 2.45) is 4.99 Å². The van der Waals surface area contributed by atoms with Crippen molar-refractivity contribution in [1.29, 1.82) is 0 Å². The molecule has 9 heteroatoms. The molecule has 2 aliphatic heterocycles. The van der Waals surface area contributed by atoms with E-state index in [-0.39, 0.29) is 30.1 Å². The molecule has 3 heterocycles. The van der Waals surface area contributed by atoms with Crippen LogP contribution < -0.4 is 15.0 Å². The van der Waals surface area contributed by atoms with Crippen LogP contribution in [0.3, 0.4) is 0 Å². The molecule has 0 amide bonds. The first kappa shape index (κ1) is 21.3. The molecule has 0 N–H and O–H groups in total. The molecule has 2 atom stereocenters. The molecule has 5 rings (SSSR count). The van der Waals surface area contributed by atoms with E-state index in [4.69, 9.17) is 23.9 Å². The van der Waals surface area contributed by atoms with Gasteiger partial charge in [-0.25, -0.2) is 0 Å². The molecular formula is C24H25N3O6. The van der Waals surface area contributed by atoms with Crippen molar-refractivity contribution < 1.29 is 23.7 Å². The zero-order valence-electron chi connectivity index (χ0n) is 19.0. The molecule has 33 heavy (non-hydrogen) atoms. The van der Waals surface area contributed by atoms with Crippen LogP contribution in [0.25, 0.3) is 10.8 Å². The van der Waals surface area contributed by atoms with Crippen LogP contribution in [0.5, 0.6) is 11.5 Å². The van der Waals surface area contributed by atoms with Gasteiger partial charge in [-0.15, -0.1) is 0 Å². The third kappa shape index (κ3) is 3.58. The maximum atomic E-state index is 13.8. The second-order valence-electron chi connectivity index (χ2n) is 8.46. The predicted octanol–water partition coefficient (Wildman–Crippen LogP) is 2.17. The minimum atomic E-state index is -0.488. The van der Waals surface area contributed by atoms with Crippen molar-refractivity contribution in [2.45, 2.75) is 25.4 Å². The summed E-state index contributed by atoms with van der Waals surface area (Å²) in [6.45, 7) is 2.66. The molecule has 2 aromatic rings. The van der Waals surface area contributed by atoms with E-state index in [0.29, 0.717) is 41.1 Å². The second kappa shape index (κ2) is 8.08. The molecule has 0 saturated carbocycles. The van der Waals surface area contributed by atoms with Crippen LogP contribution in [0.4, 0.5) is 0 Å². The van der Waals surface area contributed by atoms with Crippen molar-refractivity contribution in [1.82, 2.24) is 9.47 Å². The number of benzene rings is 1. The Hall–Kier alpha value is -3.59. The molecule has 1 saturated heterocycles. The van der Waals surface area contributed by atoms with Gasteiger partial charge in [-0.2, -0.15) is 0 Å². The van der Waals surface area contributed by atoms with Crippen molar-refractivity contribution in [3.05, 3.63) is 57.4 Å². The minimum absolute atomic E-state index is 0.160. The van der Waals surface area contributed by atoms with Gasteiger partial charge in [-0.05, 0) is 38.4 Å². The fourth-order valence-corrected chi connectivity index (χ4v) is 4.53. The van der Waals surface area contributed by atoms with Crippen LogP contribution in [-0.4, -0.2) is 62.2 Å². The Kier molecular flexibility index (Phi) is 5.20. The Morgan fingerprint density at radius 2 is 1.91 bits per heavy atom. The van der Waals surface area contributed by atoms with Gasteiger partial charge in [0.2, 0.25) is 6.79 Å². The van der Waals surface area contributed by atoms with Crippen molar-refractivity contribution in [2.75, 3.05) is 34.5 Å². The molecule has 9 nitrogen and oxygen atoms in total. The number of likely N-dealkylation sites (N-methyl/N-ethyl adjacent to an activating group) is 1. The van der Waals surface area contributed by atoms with Crippen LogP contribution in [0, 0.1) is 0 Å². The number of aromatic nitrogens is 1. The van der Waals surface area contributed by atoms with Crippen LogP contribution in [0.15, 0.2) is 45.6 Å². The second-order valence-corrected chi connectivity index (χ2v) is 8.46. The molecule has 1 aromatic heterocycles. The molecule has 172 valence electrons. The fraction of sp³-hybridized carbons (Fsp3) is 0.375. The number of methoxy groups -OCH3 is 1. The zero-order valence-corrected chi connectivity index (χ0v) is 19.0. The highest BCUT2D eigenvalue weighted by atomic mass is 16.7. The number of hydrogen-bond donors (Lipinski definition) is 0. The van der Waals surface area contributed by atoms with Crippen molar-refractivity contribution in [3.8, 4) is 11.5 Å². The highest BCUT2D eigenvalue weighted by Crippen LogP contribution is 2.41. The van der Waals surface area contributed by atoms with Gasteiger partial charge in [-0.3, -0.25) is 14.6 Å². The average Bonchev–Trinajstić information content (AvgIpc) is 3.24. The largest absolute Gasteiger partial charge is 0.493 e. The summed E-state index contributed by atoms with van der Waals surface area (Å²) in [4.78, 5) is 32.2. The third-order valence-electron chi connectivity index (χ3n) is 6.05. The number of fused-ring (bicyclic) bond motifs is 6. The maximum absolute atomic E-state index is 13.8. The molecule has 1 aromatic carbocycles. The summed E-state index contributed by atoms with van der Waals surface area (Å²) in [5.74, 6) is 1.28. The first-order valence-electron chi connectivity index (χ1n) is 10.7. The third-order valence-corrected chi connectivity index (χ3v) is 6.05. The molecular weight excluding hydrogens is 426 g/mol. The minimum Gasteiger partial charge on any atom is -0.493 e. The smallest absolute Gasteiger partial charge is 0.308 e. The molecule has 3 aliphatic rings. The number of hydrogen-bond acceptors (Lipinski definition) is 8. The lowest BCUT2D eigenvalue weighted by Gasteiger charge is -2.31. The van der Waals surface area contributed by atoms with Gasteiger partial charge in [-0.1, -0.05) is 0 Å². The summed E-state index contributed by atoms with van der Waals surface area (Å²) in [6, 6.07) is 3.13. The van der Waals surface area contributed by atoms with E-state index >= 15 is 0 Å². The summed E-state index contributed by atoms with van der Waals surface area (Å²) in [7, 11) is 5.43. The SMILES string of the molecule is COc1cc2c3c(n(CCN(C)C)c(=O)c2cc1OC(C)=O)C1C=C2OCOC2=CC1N=C3. The van der Waals surface area contributed by atoms with Gasteiger partial charge < -0.3 is 28.4 Å². The van der Waals surface area contributed by atoms with Crippen molar-refractivity contribution in [3.63, 3.8) is 0 Å². The van der Waals surface area contributed by atoms with Crippen LogP contribution in [0.2, 0.25) is 0 Å². The number of ether oxygens (including phenoxy) is 4. The van der Waals surface area contributed by atoms with Gasteiger partial charge in [0, 0.05) is 48.8 Å². The Morgan fingerprint density at radius 3 is 2.61 bits per heavy atom. The van der Waals surface area contributed by atoms with Crippen molar-refractivity contribution >= 4 is 23.0 Å². The monoisotopic (exact) mass is 451 g/mol. The molecule has 1 aliphatic carbocycles. The van der Waals surface area contributed by atoms with Gasteiger partial charge in [0.15, 0.2) is 23.0 Å². The Labute approximate surface area is 190 Å². The van der Waals surface area contributed by atoms with E-state index in [1.807, 2.05) is 31.1 Å². The molecule has 0 radical (unpaired) electrons. The summed E-state index contributed by atoms with van der Waals surface area (Å²) in [5.41, 5.74) is 1.55. The normalized spacial score (nSPS) is 20.3. The molecule has 1 fully saturated rings. The number of aliphatic imine (C=N–C) groups is 1. The van der Waals surface area contributed by atoms with E-state index in [9.17, 15) is 9.59 Å². The lowest BCUT2D eigenvalue weighted by molar-refractivity contribution is -0.132.